The quantitative estimate of drug-likeness (QED) is 0.754. The van der Waals surface area contributed by atoms with Crippen molar-refractivity contribution in [1.82, 2.24) is 19.9 Å². The number of H-pyrrole nitrogens is 1. The number of aromatic amines is 1. The fourth-order valence-electron chi connectivity index (χ4n) is 3.26. The number of amides is 1. The van der Waals surface area contributed by atoms with E-state index in [2.05, 4.69) is 25.2 Å². The Morgan fingerprint density at radius 1 is 1.32 bits per heavy atom. The van der Waals surface area contributed by atoms with E-state index >= 15 is 0 Å². The van der Waals surface area contributed by atoms with Crippen molar-refractivity contribution < 1.29 is 4.79 Å². The van der Waals surface area contributed by atoms with Crippen LogP contribution in [0.25, 0.3) is 11.0 Å². The number of imidazole rings is 1. The summed E-state index contributed by atoms with van der Waals surface area (Å²) in [5.41, 5.74) is 3.02. The number of hydrogen-bond donors (Lipinski definition) is 2. The molecule has 1 amide bonds. The first-order valence-electron chi connectivity index (χ1n) is 8.56. The van der Waals surface area contributed by atoms with Crippen molar-refractivity contribution >= 4 is 33.4 Å². The summed E-state index contributed by atoms with van der Waals surface area (Å²) in [5.74, 6) is 1.15. The summed E-state index contributed by atoms with van der Waals surface area (Å²) in [7, 11) is 0. The van der Waals surface area contributed by atoms with E-state index in [9.17, 15) is 4.79 Å². The molecule has 0 aliphatic carbocycles. The number of hydrogen-bond acceptors (Lipinski definition) is 5. The number of nitrogens with one attached hydrogen (secondary N) is 2. The number of para-hydroxylation sites is 2. The molecule has 0 atom stereocenters. The van der Waals surface area contributed by atoms with E-state index in [1.165, 1.54) is 11.3 Å². The lowest BCUT2D eigenvalue weighted by molar-refractivity contribution is -0.121. The van der Waals surface area contributed by atoms with E-state index < -0.39 is 0 Å². The first-order valence-corrected chi connectivity index (χ1v) is 9.44. The molecule has 1 aliphatic rings. The van der Waals surface area contributed by atoms with Crippen LogP contribution >= 0.6 is 11.3 Å². The molecule has 2 N–H and O–H groups in total. The minimum absolute atomic E-state index is 0.0659. The molecule has 6 nitrogen and oxygen atoms in total. The van der Waals surface area contributed by atoms with Gasteiger partial charge in [0.15, 0.2) is 5.13 Å². The van der Waals surface area contributed by atoms with Crippen LogP contribution in [0.4, 0.5) is 5.13 Å². The molecule has 25 heavy (non-hydrogen) atoms. The Balaban J connectivity index is 1.31. The van der Waals surface area contributed by atoms with Crippen molar-refractivity contribution in [3.63, 3.8) is 0 Å². The molecule has 0 radical (unpaired) electrons. The summed E-state index contributed by atoms with van der Waals surface area (Å²) in [6.45, 7) is 4.55. The minimum Gasteiger partial charge on any atom is -0.341 e. The average molecular weight is 355 g/mol. The first-order chi connectivity index (χ1) is 12.2. The van der Waals surface area contributed by atoms with Crippen LogP contribution in [0.3, 0.4) is 0 Å². The summed E-state index contributed by atoms with van der Waals surface area (Å²) in [6, 6.07) is 8.08. The Morgan fingerprint density at radius 2 is 2.12 bits per heavy atom. The maximum Gasteiger partial charge on any atom is 0.229 e. The molecule has 1 aliphatic heterocycles. The standard InChI is InChI=1S/C18H21N5OS/c1-12-11-25-18(19-12)22-17(24)13-6-8-23(9-7-13)10-16-20-14-4-2-3-5-15(14)21-16/h2-5,11,13H,6-10H2,1H3,(H,20,21)(H,19,22,24). The molecule has 1 aromatic carbocycles. The summed E-state index contributed by atoms with van der Waals surface area (Å²) in [4.78, 5) is 27.0. The fourth-order valence-corrected chi connectivity index (χ4v) is 3.96. The molecule has 2 aromatic heterocycles. The molecule has 130 valence electrons. The van der Waals surface area contributed by atoms with Crippen molar-refractivity contribution in [2.45, 2.75) is 26.3 Å². The number of nitrogens with zero attached hydrogens (tertiary/aromatic N) is 3. The highest BCUT2D eigenvalue weighted by Crippen LogP contribution is 2.22. The second kappa shape index (κ2) is 6.93. The van der Waals surface area contributed by atoms with Gasteiger partial charge in [-0.3, -0.25) is 9.69 Å². The van der Waals surface area contributed by atoms with Crippen molar-refractivity contribution in [1.29, 1.82) is 0 Å². The number of thiazole rings is 1. The van der Waals surface area contributed by atoms with Crippen LogP contribution in [0.1, 0.15) is 24.4 Å². The molecule has 1 saturated heterocycles. The van der Waals surface area contributed by atoms with Crippen molar-refractivity contribution in [3.8, 4) is 0 Å². The summed E-state index contributed by atoms with van der Waals surface area (Å²) < 4.78 is 0. The highest BCUT2D eigenvalue weighted by Gasteiger charge is 2.26. The predicted octanol–water partition coefficient (Wildman–Crippen LogP) is 3.18. The number of benzene rings is 1. The molecule has 0 spiro atoms. The van der Waals surface area contributed by atoms with E-state index in [1.54, 1.807) is 0 Å². The van der Waals surface area contributed by atoms with Gasteiger partial charge in [0, 0.05) is 11.3 Å². The molecule has 3 aromatic rings. The van der Waals surface area contributed by atoms with E-state index in [0.29, 0.717) is 5.13 Å². The van der Waals surface area contributed by atoms with Gasteiger partial charge in [-0.05, 0) is 45.0 Å². The SMILES string of the molecule is Cc1csc(NC(=O)C2CCN(Cc3nc4ccccc4[nH]3)CC2)n1. The van der Waals surface area contributed by atoms with Gasteiger partial charge in [0.25, 0.3) is 0 Å². The highest BCUT2D eigenvalue weighted by atomic mass is 32.1. The molecule has 0 bridgehead atoms. The van der Waals surface area contributed by atoms with Crippen LogP contribution < -0.4 is 5.32 Å². The van der Waals surface area contributed by atoms with E-state index in [-0.39, 0.29) is 11.8 Å². The van der Waals surface area contributed by atoms with Gasteiger partial charge in [0.2, 0.25) is 5.91 Å². The summed E-state index contributed by atoms with van der Waals surface area (Å²) in [6.07, 6.45) is 1.74. The Labute approximate surface area is 150 Å². The molecule has 7 heteroatoms. The lowest BCUT2D eigenvalue weighted by atomic mass is 9.96. The predicted molar refractivity (Wildman–Crippen MR) is 99.6 cm³/mol. The Hall–Kier alpha value is -2.25. The van der Waals surface area contributed by atoms with E-state index in [4.69, 9.17) is 0 Å². The Kier molecular flexibility index (Phi) is 4.50. The topological polar surface area (TPSA) is 73.9 Å². The van der Waals surface area contributed by atoms with Gasteiger partial charge in [0.1, 0.15) is 5.82 Å². The molecule has 4 rings (SSSR count). The van der Waals surface area contributed by atoms with Gasteiger partial charge in [-0.2, -0.15) is 0 Å². The van der Waals surface area contributed by atoms with Crippen LogP contribution in [0.5, 0.6) is 0 Å². The number of carbonyl (C=O) groups is 1. The second-order valence-electron chi connectivity index (χ2n) is 6.53. The summed E-state index contributed by atoms with van der Waals surface area (Å²) in [5, 5.41) is 5.60. The molecule has 1 fully saturated rings. The molecular weight excluding hydrogens is 334 g/mol. The number of aryl methyl sites for hydroxylation is 1. The monoisotopic (exact) mass is 355 g/mol. The van der Waals surface area contributed by atoms with Gasteiger partial charge in [-0.15, -0.1) is 11.3 Å². The lowest BCUT2D eigenvalue weighted by Gasteiger charge is -2.30. The maximum atomic E-state index is 12.4. The second-order valence-corrected chi connectivity index (χ2v) is 7.39. The van der Waals surface area contributed by atoms with Crippen molar-refractivity contribution in [3.05, 3.63) is 41.2 Å². The highest BCUT2D eigenvalue weighted by molar-refractivity contribution is 7.13. The third-order valence-electron chi connectivity index (χ3n) is 4.62. The number of fused-ring (bicyclic) bond motifs is 1. The van der Waals surface area contributed by atoms with Crippen LogP contribution in [0.15, 0.2) is 29.6 Å². The number of piperidine rings is 1. The first kappa shape index (κ1) is 16.2. The number of aromatic nitrogens is 3. The average Bonchev–Trinajstić information content (AvgIpc) is 3.20. The van der Waals surface area contributed by atoms with Crippen LogP contribution in [-0.2, 0) is 11.3 Å². The zero-order chi connectivity index (χ0) is 17.2. The minimum atomic E-state index is 0.0659. The lowest BCUT2D eigenvalue weighted by Crippen LogP contribution is -2.38. The maximum absolute atomic E-state index is 12.4. The van der Waals surface area contributed by atoms with Gasteiger partial charge in [0.05, 0.1) is 23.3 Å². The zero-order valence-corrected chi connectivity index (χ0v) is 15.0. The van der Waals surface area contributed by atoms with Gasteiger partial charge in [-0.25, -0.2) is 9.97 Å². The normalized spacial score (nSPS) is 16.4. The number of rotatable bonds is 4. The van der Waals surface area contributed by atoms with Gasteiger partial charge in [-0.1, -0.05) is 12.1 Å². The largest absolute Gasteiger partial charge is 0.341 e. The van der Waals surface area contributed by atoms with Crippen molar-refractivity contribution in [2.75, 3.05) is 18.4 Å². The number of anilines is 1. The number of carbonyl (C=O) groups excluding carboxylic acids is 1. The zero-order valence-electron chi connectivity index (χ0n) is 14.2. The molecule has 0 saturated carbocycles. The number of likely N-dealkylation sites (tertiary alicyclic amines) is 1. The van der Waals surface area contributed by atoms with Crippen LogP contribution in [0.2, 0.25) is 0 Å². The third-order valence-corrected chi connectivity index (χ3v) is 5.49. The van der Waals surface area contributed by atoms with Crippen LogP contribution in [-0.4, -0.2) is 38.8 Å². The smallest absolute Gasteiger partial charge is 0.229 e. The molecular formula is C18H21N5OS. The fraction of sp³-hybridized carbons (Fsp3) is 0.389. The van der Waals surface area contributed by atoms with Crippen molar-refractivity contribution in [2.24, 2.45) is 5.92 Å². The summed E-state index contributed by atoms with van der Waals surface area (Å²) >= 11 is 1.48. The van der Waals surface area contributed by atoms with E-state index in [1.807, 2.05) is 36.6 Å². The molecule has 3 heterocycles. The van der Waals surface area contributed by atoms with Crippen LogP contribution in [0, 0.1) is 12.8 Å². The Morgan fingerprint density at radius 3 is 2.84 bits per heavy atom. The van der Waals surface area contributed by atoms with E-state index in [0.717, 1.165) is 55.0 Å². The Bertz CT molecular complexity index is 845. The third kappa shape index (κ3) is 3.72. The van der Waals surface area contributed by atoms with Gasteiger partial charge >= 0.3 is 0 Å². The van der Waals surface area contributed by atoms with Gasteiger partial charge < -0.3 is 10.3 Å². The molecule has 0 unspecified atom stereocenters.